The second kappa shape index (κ2) is 7.07. The molecule has 0 saturated carbocycles. The molecule has 0 atom stereocenters. The summed E-state index contributed by atoms with van der Waals surface area (Å²) >= 11 is 0. The van der Waals surface area contributed by atoms with E-state index in [-0.39, 0.29) is 18.1 Å². The molecule has 0 radical (unpaired) electrons. The second-order valence-electron chi connectivity index (χ2n) is 4.28. The van der Waals surface area contributed by atoms with E-state index in [9.17, 15) is 14.3 Å². The molecule has 114 valence electrons. The summed E-state index contributed by atoms with van der Waals surface area (Å²) in [5.74, 6) is -0.794. The fourth-order valence-electron chi connectivity index (χ4n) is 1.53. The van der Waals surface area contributed by atoms with Crippen molar-refractivity contribution in [2.24, 2.45) is 5.10 Å². The maximum atomic E-state index is 12.7. The van der Waals surface area contributed by atoms with Crippen LogP contribution in [0.25, 0.3) is 0 Å². The summed E-state index contributed by atoms with van der Waals surface area (Å²) in [4.78, 5) is 11.5. The molecule has 0 spiro atoms. The molecule has 0 aliphatic heterocycles. The highest BCUT2D eigenvalue weighted by Gasteiger charge is 2.02. The van der Waals surface area contributed by atoms with Gasteiger partial charge in [-0.15, -0.1) is 0 Å². The monoisotopic (exact) mass is 304 g/mol. The van der Waals surface area contributed by atoms with Crippen molar-refractivity contribution >= 4 is 12.1 Å². The fraction of sp³-hybridized carbons (Fsp3) is 0.0667. The lowest BCUT2D eigenvalue weighted by Gasteiger charge is -2.04. The smallest absolute Gasteiger partial charge is 0.277 e. The van der Waals surface area contributed by atoms with Crippen LogP contribution >= 0.6 is 0 Å². The molecular weight excluding hydrogens is 291 g/mol. The maximum absolute atomic E-state index is 12.7. The van der Waals surface area contributed by atoms with Crippen molar-refractivity contribution in [2.75, 3.05) is 6.61 Å². The molecule has 22 heavy (non-hydrogen) atoms. The van der Waals surface area contributed by atoms with Crippen molar-refractivity contribution in [2.45, 2.75) is 0 Å². The molecule has 0 unspecified atom stereocenters. The van der Waals surface area contributed by atoms with Crippen molar-refractivity contribution in [3.8, 4) is 17.2 Å². The van der Waals surface area contributed by atoms with Crippen molar-refractivity contribution in [3.63, 3.8) is 0 Å². The van der Waals surface area contributed by atoms with E-state index < -0.39 is 11.7 Å². The van der Waals surface area contributed by atoms with Crippen molar-refractivity contribution in [1.29, 1.82) is 0 Å². The normalized spacial score (nSPS) is 10.6. The van der Waals surface area contributed by atoms with Gasteiger partial charge in [-0.25, -0.2) is 9.82 Å². The Morgan fingerprint density at radius 2 is 1.95 bits per heavy atom. The largest absolute Gasteiger partial charge is 0.508 e. The van der Waals surface area contributed by atoms with Crippen molar-refractivity contribution in [3.05, 3.63) is 53.8 Å². The number of carbonyl (C=O) groups excluding carboxylic acids is 1. The number of ether oxygens (including phenoxy) is 1. The molecular formula is C15H13FN2O4. The molecule has 1 amide bonds. The number of phenols is 2. The third kappa shape index (κ3) is 4.48. The van der Waals surface area contributed by atoms with Crippen LogP contribution in [-0.4, -0.2) is 28.9 Å². The van der Waals surface area contributed by atoms with Crippen LogP contribution in [0.15, 0.2) is 47.6 Å². The van der Waals surface area contributed by atoms with Gasteiger partial charge < -0.3 is 14.9 Å². The Balaban J connectivity index is 1.82. The number of nitrogens with zero attached hydrogens (tertiary/aromatic N) is 1. The Hall–Kier alpha value is -3.09. The van der Waals surface area contributed by atoms with E-state index in [1.54, 1.807) is 0 Å². The van der Waals surface area contributed by atoms with Crippen LogP contribution < -0.4 is 10.2 Å². The van der Waals surface area contributed by atoms with Crippen LogP contribution in [0.3, 0.4) is 0 Å². The highest BCUT2D eigenvalue weighted by molar-refractivity contribution is 5.85. The van der Waals surface area contributed by atoms with Gasteiger partial charge in [0.05, 0.1) is 6.21 Å². The lowest BCUT2D eigenvalue weighted by molar-refractivity contribution is -0.123. The summed E-state index contributed by atoms with van der Waals surface area (Å²) in [5.41, 5.74) is 2.54. The lowest BCUT2D eigenvalue weighted by Crippen LogP contribution is -2.24. The van der Waals surface area contributed by atoms with E-state index in [0.29, 0.717) is 11.3 Å². The van der Waals surface area contributed by atoms with E-state index in [0.717, 1.165) is 6.07 Å². The van der Waals surface area contributed by atoms with E-state index in [4.69, 9.17) is 9.84 Å². The van der Waals surface area contributed by atoms with Gasteiger partial charge in [0, 0.05) is 11.6 Å². The predicted molar refractivity (Wildman–Crippen MR) is 77.4 cm³/mol. The third-order valence-corrected chi connectivity index (χ3v) is 2.59. The molecule has 2 rings (SSSR count). The summed E-state index contributed by atoms with van der Waals surface area (Å²) < 4.78 is 17.8. The number of halogens is 1. The third-order valence-electron chi connectivity index (χ3n) is 2.59. The summed E-state index contributed by atoms with van der Waals surface area (Å²) in [7, 11) is 0. The molecule has 7 heteroatoms. The number of carbonyl (C=O) groups is 1. The first-order chi connectivity index (χ1) is 10.5. The van der Waals surface area contributed by atoms with Gasteiger partial charge in [-0.3, -0.25) is 4.79 Å². The Labute approximate surface area is 125 Å². The number of phenolic OH excluding ortho intramolecular Hbond substituents is 2. The first kappa shape index (κ1) is 15.3. The summed E-state index contributed by atoms with van der Waals surface area (Å²) in [5, 5.41) is 22.3. The maximum Gasteiger partial charge on any atom is 0.277 e. The zero-order valence-corrected chi connectivity index (χ0v) is 11.4. The molecule has 2 aromatic carbocycles. The van der Waals surface area contributed by atoms with Crippen LogP contribution in [0.1, 0.15) is 5.56 Å². The van der Waals surface area contributed by atoms with Crippen LogP contribution in [-0.2, 0) is 4.79 Å². The minimum atomic E-state index is -0.515. The Bertz CT molecular complexity index is 686. The highest BCUT2D eigenvalue weighted by Crippen LogP contribution is 2.20. The number of rotatable bonds is 5. The zero-order valence-electron chi connectivity index (χ0n) is 11.4. The summed E-state index contributed by atoms with van der Waals surface area (Å²) in [6.45, 7) is -0.287. The van der Waals surface area contributed by atoms with Crippen LogP contribution in [0.4, 0.5) is 4.39 Å². The number of aromatic hydroxyl groups is 2. The number of amides is 1. The molecule has 3 N–H and O–H groups in total. The quantitative estimate of drug-likeness (QED) is 0.580. The van der Waals surface area contributed by atoms with Crippen molar-refractivity contribution in [1.82, 2.24) is 5.43 Å². The predicted octanol–water partition coefficient (Wildman–Crippen LogP) is 1.77. The minimum Gasteiger partial charge on any atom is -0.508 e. The molecule has 2 aromatic rings. The van der Waals surface area contributed by atoms with Crippen LogP contribution in [0.5, 0.6) is 17.2 Å². The SMILES string of the molecule is O=C(COc1ccc(F)cc1)N/N=C/c1ccc(O)cc1O. The van der Waals surface area contributed by atoms with Gasteiger partial charge >= 0.3 is 0 Å². The van der Waals surface area contributed by atoms with Gasteiger partial charge in [0.1, 0.15) is 23.1 Å². The summed E-state index contributed by atoms with van der Waals surface area (Å²) in [6, 6.07) is 9.22. The first-order valence-corrected chi connectivity index (χ1v) is 6.27. The molecule has 0 aliphatic carbocycles. The topological polar surface area (TPSA) is 91.2 Å². The molecule has 0 saturated heterocycles. The molecule has 0 bridgehead atoms. The molecule has 0 aliphatic rings. The number of hydrazone groups is 1. The average molecular weight is 304 g/mol. The number of nitrogens with one attached hydrogen (secondary N) is 1. The average Bonchev–Trinajstić information content (AvgIpc) is 2.49. The van der Waals surface area contributed by atoms with E-state index in [1.807, 2.05) is 0 Å². The van der Waals surface area contributed by atoms with Gasteiger partial charge in [0.25, 0.3) is 5.91 Å². The zero-order chi connectivity index (χ0) is 15.9. The van der Waals surface area contributed by atoms with Gasteiger partial charge in [-0.2, -0.15) is 5.10 Å². The highest BCUT2D eigenvalue weighted by atomic mass is 19.1. The van der Waals surface area contributed by atoms with Gasteiger partial charge in [-0.1, -0.05) is 0 Å². The van der Waals surface area contributed by atoms with Gasteiger partial charge in [0.15, 0.2) is 6.61 Å². The molecule has 0 fully saturated rings. The Morgan fingerprint density at radius 1 is 1.23 bits per heavy atom. The second-order valence-corrected chi connectivity index (χ2v) is 4.28. The Morgan fingerprint density at radius 3 is 2.64 bits per heavy atom. The minimum absolute atomic E-state index is 0.0774. The van der Waals surface area contributed by atoms with Gasteiger partial charge in [-0.05, 0) is 36.4 Å². The molecule has 6 nitrogen and oxygen atoms in total. The Kier molecular flexibility index (Phi) is 4.92. The molecule has 0 aromatic heterocycles. The standard InChI is InChI=1S/C15H13FN2O4/c16-11-2-5-13(6-3-11)22-9-15(21)18-17-8-10-1-4-12(19)7-14(10)20/h1-8,19-20H,9H2,(H,18,21)/b17-8+. The number of hydrogen-bond acceptors (Lipinski definition) is 5. The van der Waals surface area contributed by atoms with E-state index in [2.05, 4.69) is 10.5 Å². The van der Waals surface area contributed by atoms with E-state index in [1.165, 1.54) is 42.6 Å². The van der Waals surface area contributed by atoms with Crippen molar-refractivity contribution < 1.29 is 24.1 Å². The van der Waals surface area contributed by atoms with Gasteiger partial charge in [0.2, 0.25) is 0 Å². The lowest BCUT2D eigenvalue weighted by atomic mass is 10.2. The van der Waals surface area contributed by atoms with E-state index >= 15 is 0 Å². The summed E-state index contributed by atoms with van der Waals surface area (Å²) in [6.07, 6.45) is 1.23. The van der Waals surface area contributed by atoms with Crippen LogP contribution in [0, 0.1) is 5.82 Å². The molecule has 0 heterocycles. The number of benzene rings is 2. The first-order valence-electron chi connectivity index (χ1n) is 6.27. The van der Waals surface area contributed by atoms with Crippen LogP contribution in [0.2, 0.25) is 0 Å². The number of hydrogen-bond donors (Lipinski definition) is 3. The fourth-order valence-corrected chi connectivity index (χ4v) is 1.53.